The van der Waals surface area contributed by atoms with E-state index in [1.807, 2.05) is 6.20 Å². The summed E-state index contributed by atoms with van der Waals surface area (Å²) in [5.74, 6) is -0.564. The van der Waals surface area contributed by atoms with Crippen molar-refractivity contribution in [3.63, 3.8) is 0 Å². The second-order valence-corrected chi connectivity index (χ2v) is 1.16. The Bertz CT molecular complexity index is 151. The summed E-state index contributed by atoms with van der Waals surface area (Å²) >= 11 is 0. The van der Waals surface area contributed by atoms with Gasteiger partial charge in [0.05, 0.1) is 6.20 Å². The molecule has 4 heteroatoms. The highest BCUT2D eigenvalue weighted by Crippen LogP contribution is 2.02. The van der Waals surface area contributed by atoms with Crippen LogP contribution in [0.4, 0.5) is 0 Å². The standard InChI is InChI=1S/C4H3N2O2/c7-3-1-5-4(8)2-6-3/h1H,(H,5,8)(H,6,7). The number of rotatable bonds is 0. The Morgan fingerprint density at radius 2 is 2.25 bits per heavy atom. The van der Waals surface area contributed by atoms with Crippen molar-refractivity contribution in [3.8, 4) is 11.8 Å². The molecule has 1 aromatic heterocycles. The normalized spacial score (nSPS) is 9.00. The molecule has 0 atom stereocenters. The van der Waals surface area contributed by atoms with E-state index < -0.39 is 0 Å². The number of aromatic nitrogens is 2. The first-order valence-corrected chi connectivity index (χ1v) is 1.91. The van der Waals surface area contributed by atoms with Crippen molar-refractivity contribution in [2.75, 3.05) is 0 Å². The van der Waals surface area contributed by atoms with E-state index in [0.717, 1.165) is 6.20 Å². The van der Waals surface area contributed by atoms with E-state index in [1.54, 1.807) is 0 Å². The zero-order valence-electron chi connectivity index (χ0n) is 3.87. The lowest BCUT2D eigenvalue weighted by Gasteiger charge is -1.85. The van der Waals surface area contributed by atoms with E-state index in [1.165, 1.54) is 0 Å². The maximum Gasteiger partial charge on any atom is 0.240 e. The largest absolute Gasteiger partial charge is 0.492 e. The van der Waals surface area contributed by atoms with Crippen LogP contribution >= 0.6 is 0 Å². The molecule has 0 aliphatic heterocycles. The van der Waals surface area contributed by atoms with Crippen LogP contribution in [0.3, 0.4) is 0 Å². The molecule has 41 valence electrons. The van der Waals surface area contributed by atoms with Gasteiger partial charge in [0, 0.05) is 0 Å². The van der Waals surface area contributed by atoms with Gasteiger partial charge in [-0.15, -0.1) is 0 Å². The maximum absolute atomic E-state index is 8.44. The predicted octanol–water partition coefficient (Wildman–Crippen LogP) is -0.312. The van der Waals surface area contributed by atoms with Crippen molar-refractivity contribution in [1.29, 1.82) is 0 Å². The Kier molecular flexibility index (Phi) is 0.997. The fourth-order valence-corrected chi connectivity index (χ4v) is 0.284. The maximum atomic E-state index is 8.44. The van der Waals surface area contributed by atoms with E-state index in [0.29, 0.717) is 0 Å². The van der Waals surface area contributed by atoms with Crippen molar-refractivity contribution in [3.05, 3.63) is 12.4 Å². The van der Waals surface area contributed by atoms with Gasteiger partial charge >= 0.3 is 0 Å². The molecule has 0 unspecified atom stereocenters. The van der Waals surface area contributed by atoms with E-state index >= 15 is 0 Å². The molecular weight excluding hydrogens is 108 g/mol. The van der Waals surface area contributed by atoms with Gasteiger partial charge in [0.15, 0.2) is 6.20 Å². The summed E-state index contributed by atoms with van der Waals surface area (Å²) in [4.78, 5) is 6.46. The van der Waals surface area contributed by atoms with Gasteiger partial charge in [-0.25, -0.2) is 9.97 Å². The van der Waals surface area contributed by atoms with Crippen LogP contribution in [0.25, 0.3) is 0 Å². The van der Waals surface area contributed by atoms with Crippen molar-refractivity contribution in [2.45, 2.75) is 0 Å². The summed E-state index contributed by atoms with van der Waals surface area (Å²) in [6.45, 7) is 0. The topological polar surface area (TPSA) is 66.2 Å². The zero-order chi connectivity index (χ0) is 5.98. The van der Waals surface area contributed by atoms with Crippen LogP contribution in [0.5, 0.6) is 11.8 Å². The Balaban J connectivity index is 3.03. The van der Waals surface area contributed by atoms with Crippen LogP contribution in [0.15, 0.2) is 6.20 Å². The van der Waals surface area contributed by atoms with Gasteiger partial charge in [-0.1, -0.05) is 0 Å². The van der Waals surface area contributed by atoms with Gasteiger partial charge in [-0.3, -0.25) is 0 Å². The Labute approximate surface area is 45.5 Å². The monoisotopic (exact) mass is 111 g/mol. The van der Waals surface area contributed by atoms with E-state index in [9.17, 15) is 0 Å². The van der Waals surface area contributed by atoms with Crippen molar-refractivity contribution in [2.24, 2.45) is 0 Å². The van der Waals surface area contributed by atoms with Crippen LogP contribution in [0, 0.1) is 6.20 Å². The average Bonchev–Trinajstić information content (AvgIpc) is 1.77. The third-order valence-electron chi connectivity index (χ3n) is 0.573. The molecule has 1 radical (unpaired) electrons. The molecule has 1 rings (SSSR count). The second-order valence-electron chi connectivity index (χ2n) is 1.16. The Morgan fingerprint density at radius 1 is 1.50 bits per heavy atom. The van der Waals surface area contributed by atoms with Gasteiger partial charge in [-0.2, -0.15) is 0 Å². The molecule has 0 aliphatic rings. The molecular formula is C4H3N2O2. The first-order valence-electron chi connectivity index (χ1n) is 1.91. The lowest BCUT2D eigenvalue weighted by atomic mass is 10.7. The summed E-state index contributed by atoms with van der Waals surface area (Å²) in [7, 11) is 0. The van der Waals surface area contributed by atoms with Gasteiger partial charge in [0.1, 0.15) is 0 Å². The first kappa shape index (κ1) is 4.83. The Morgan fingerprint density at radius 3 is 2.62 bits per heavy atom. The van der Waals surface area contributed by atoms with Crippen LogP contribution in [-0.4, -0.2) is 20.2 Å². The van der Waals surface area contributed by atoms with Gasteiger partial charge in [-0.05, 0) is 0 Å². The molecule has 1 aromatic rings. The number of hydrogen-bond acceptors (Lipinski definition) is 4. The van der Waals surface area contributed by atoms with Gasteiger partial charge < -0.3 is 10.2 Å². The van der Waals surface area contributed by atoms with Crippen LogP contribution in [-0.2, 0) is 0 Å². The fourth-order valence-electron chi connectivity index (χ4n) is 0.284. The summed E-state index contributed by atoms with van der Waals surface area (Å²) in [6.07, 6.45) is 3.08. The van der Waals surface area contributed by atoms with Crippen molar-refractivity contribution >= 4 is 0 Å². The molecule has 1 heterocycles. The highest BCUT2D eigenvalue weighted by atomic mass is 16.3. The van der Waals surface area contributed by atoms with Gasteiger partial charge in [0.2, 0.25) is 11.8 Å². The highest BCUT2D eigenvalue weighted by Gasteiger charge is 1.88. The van der Waals surface area contributed by atoms with Gasteiger partial charge in [0.25, 0.3) is 0 Å². The molecule has 0 spiro atoms. The summed E-state index contributed by atoms with van der Waals surface area (Å²) in [5.41, 5.74) is 0. The molecule has 0 aliphatic carbocycles. The molecule has 0 aromatic carbocycles. The van der Waals surface area contributed by atoms with E-state index in [2.05, 4.69) is 9.97 Å². The van der Waals surface area contributed by atoms with E-state index in [-0.39, 0.29) is 11.8 Å². The average molecular weight is 111 g/mol. The zero-order valence-corrected chi connectivity index (χ0v) is 3.87. The minimum absolute atomic E-state index is 0.247. The second kappa shape index (κ2) is 1.65. The molecule has 8 heavy (non-hydrogen) atoms. The summed E-state index contributed by atoms with van der Waals surface area (Å²) in [6, 6.07) is 0. The van der Waals surface area contributed by atoms with Crippen molar-refractivity contribution in [1.82, 2.24) is 9.97 Å². The Hall–Kier alpha value is -1.32. The third kappa shape index (κ3) is 0.841. The third-order valence-corrected chi connectivity index (χ3v) is 0.573. The quantitative estimate of drug-likeness (QED) is 0.481. The number of aromatic hydroxyl groups is 2. The summed E-state index contributed by atoms with van der Waals surface area (Å²) < 4.78 is 0. The SMILES string of the molecule is Oc1[c]nc(O)cn1. The minimum Gasteiger partial charge on any atom is -0.492 e. The fraction of sp³-hybridized carbons (Fsp3) is 0. The van der Waals surface area contributed by atoms with Crippen LogP contribution < -0.4 is 0 Å². The molecule has 2 N–H and O–H groups in total. The molecule has 0 saturated carbocycles. The molecule has 0 bridgehead atoms. The number of nitrogens with zero attached hydrogens (tertiary/aromatic N) is 2. The lowest BCUT2D eigenvalue weighted by molar-refractivity contribution is 0.422. The van der Waals surface area contributed by atoms with Crippen molar-refractivity contribution < 1.29 is 10.2 Å². The summed E-state index contributed by atoms with van der Waals surface area (Å²) in [5, 5.41) is 16.9. The molecule has 0 fully saturated rings. The van der Waals surface area contributed by atoms with Crippen LogP contribution in [0.1, 0.15) is 0 Å². The smallest absolute Gasteiger partial charge is 0.240 e. The molecule has 0 amide bonds. The highest BCUT2D eigenvalue weighted by molar-refractivity contribution is 5.05. The first-order chi connectivity index (χ1) is 3.79. The molecule has 0 saturated heterocycles. The predicted molar refractivity (Wildman–Crippen MR) is 24.2 cm³/mol. The lowest BCUT2D eigenvalue weighted by Crippen LogP contribution is -1.76. The van der Waals surface area contributed by atoms with Crippen LogP contribution in [0.2, 0.25) is 0 Å². The minimum atomic E-state index is -0.317. The van der Waals surface area contributed by atoms with E-state index in [4.69, 9.17) is 10.2 Å². The number of hydrogen-bond donors (Lipinski definition) is 2. The molecule has 4 nitrogen and oxygen atoms in total.